The molecule has 0 saturated carbocycles. The van der Waals surface area contributed by atoms with Crippen molar-refractivity contribution >= 4 is 34.6 Å². The molecule has 0 bridgehead atoms. The third-order valence-electron chi connectivity index (χ3n) is 1.77. The number of hydrogen-bond donors (Lipinski definition) is 1. The number of H-pyrrole nitrogens is 1. The Balaban J connectivity index is 2.07. The summed E-state index contributed by atoms with van der Waals surface area (Å²) in [6.45, 7) is 0. The molecule has 0 saturated heterocycles. The summed E-state index contributed by atoms with van der Waals surface area (Å²) in [5, 5.41) is 0.292. The van der Waals surface area contributed by atoms with E-state index >= 15 is 0 Å². The molecule has 0 spiro atoms. The first-order chi connectivity index (χ1) is 8.60. The van der Waals surface area contributed by atoms with Crippen molar-refractivity contribution < 1.29 is 19.1 Å². The number of aromatic amines is 1. The van der Waals surface area contributed by atoms with Crippen LogP contribution in [-0.4, -0.2) is 29.0 Å². The first-order valence-corrected chi connectivity index (χ1v) is 6.18. The number of thiazole rings is 2. The number of nitrogens with zero attached hydrogens (tertiary/aromatic N) is 1. The summed E-state index contributed by atoms with van der Waals surface area (Å²) in [5.41, 5.74) is 0. The Kier molecular flexibility index (Phi) is 3.53. The van der Waals surface area contributed by atoms with Crippen LogP contribution in [0.1, 0.15) is 19.3 Å². The van der Waals surface area contributed by atoms with Crippen molar-refractivity contribution in [3.05, 3.63) is 31.8 Å². The van der Waals surface area contributed by atoms with E-state index in [2.05, 4.69) is 14.7 Å². The summed E-state index contributed by atoms with van der Waals surface area (Å²) >= 11 is 1.63. The number of rotatable bonds is 3. The lowest BCUT2D eigenvalue weighted by atomic mass is 10.5. The van der Waals surface area contributed by atoms with Crippen LogP contribution in [0.5, 0.6) is 5.19 Å². The summed E-state index contributed by atoms with van der Waals surface area (Å²) in [7, 11) is 1.41. The molecule has 0 aliphatic carbocycles. The third kappa shape index (κ3) is 2.63. The second-order valence-corrected chi connectivity index (χ2v) is 4.92. The van der Waals surface area contributed by atoms with Crippen LogP contribution < -0.4 is 9.61 Å². The number of carbonyl (C=O) groups is 2. The fourth-order valence-corrected chi connectivity index (χ4v) is 2.18. The van der Waals surface area contributed by atoms with E-state index in [1.54, 1.807) is 0 Å². The lowest BCUT2D eigenvalue weighted by Crippen LogP contribution is -2.10. The van der Waals surface area contributed by atoms with Gasteiger partial charge in [0, 0.05) is 6.20 Å². The quantitative estimate of drug-likeness (QED) is 0.665. The van der Waals surface area contributed by atoms with Crippen LogP contribution in [0.3, 0.4) is 0 Å². The molecular weight excluding hydrogens is 280 g/mol. The van der Waals surface area contributed by atoms with Gasteiger partial charge in [-0.15, -0.1) is 0 Å². The van der Waals surface area contributed by atoms with Crippen LogP contribution in [0.2, 0.25) is 0 Å². The normalized spacial score (nSPS) is 10.1. The zero-order valence-corrected chi connectivity index (χ0v) is 10.6. The fraction of sp³-hybridized carbons (Fsp3) is 0.111. The van der Waals surface area contributed by atoms with Crippen LogP contribution in [0.15, 0.2) is 17.2 Å². The molecule has 2 aromatic rings. The third-order valence-corrected chi connectivity index (χ3v) is 3.52. The lowest BCUT2D eigenvalue weighted by molar-refractivity contribution is 0.0404. The fourth-order valence-electron chi connectivity index (χ4n) is 1.02. The Morgan fingerprint density at radius 2 is 2.00 bits per heavy atom. The highest BCUT2D eigenvalue weighted by molar-refractivity contribution is 7.15. The molecular formula is C9H6N2O5S2. The molecule has 0 radical (unpaired) electrons. The smallest absolute Gasteiger partial charge is 0.358 e. The van der Waals surface area contributed by atoms with Gasteiger partial charge in [0.1, 0.15) is 9.75 Å². The van der Waals surface area contributed by atoms with E-state index in [0.29, 0.717) is 16.5 Å². The number of carbonyl (C=O) groups excluding carboxylic acids is 2. The van der Waals surface area contributed by atoms with Crippen molar-refractivity contribution in [1.82, 2.24) is 9.97 Å². The number of aromatic nitrogens is 2. The van der Waals surface area contributed by atoms with Gasteiger partial charge >= 0.3 is 16.8 Å². The van der Waals surface area contributed by atoms with Gasteiger partial charge in [0.25, 0.3) is 5.19 Å². The van der Waals surface area contributed by atoms with Crippen molar-refractivity contribution in [2.75, 3.05) is 7.11 Å². The number of hydrogen-bond acceptors (Lipinski definition) is 8. The van der Waals surface area contributed by atoms with Crippen LogP contribution in [0, 0.1) is 0 Å². The highest BCUT2D eigenvalue weighted by atomic mass is 32.1. The minimum atomic E-state index is -0.879. The predicted molar refractivity (Wildman–Crippen MR) is 63.4 cm³/mol. The van der Waals surface area contributed by atoms with Gasteiger partial charge in [-0.05, 0) is 0 Å². The maximum atomic E-state index is 11.6. The van der Waals surface area contributed by atoms with Gasteiger partial charge in [0.2, 0.25) is 0 Å². The minimum absolute atomic E-state index is 0.0323. The predicted octanol–water partition coefficient (Wildman–Crippen LogP) is 0.899. The standard InChI is InChI=1S/C9H6N2O5S2/c1-15-9-11-3-5(18-9)7(13)16-6(12)4-2-10-8(14)17-4/h2-3H,1H3,(H,10,14). The molecule has 0 atom stereocenters. The van der Waals surface area contributed by atoms with E-state index in [9.17, 15) is 14.4 Å². The molecule has 18 heavy (non-hydrogen) atoms. The van der Waals surface area contributed by atoms with Crippen LogP contribution in [0.25, 0.3) is 0 Å². The second kappa shape index (κ2) is 5.10. The highest BCUT2D eigenvalue weighted by Crippen LogP contribution is 2.21. The molecule has 1 N–H and O–H groups in total. The molecule has 0 aliphatic rings. The Morgan fingerprint density at radius 1 is 1.28 bits per heavy atom. The molecule has 9 heteroatoms. The summed E-state index contributed by atoms with van der Waals surface area (Å²) in [4.78, 5) is 39.7. The average Bonchev–Trinajstić information content (AvgIpc) is 2.97. The monoisotopic (exact) mass is 286 g/mol. The van der Waals surface area contributed by atoms with Crippen LogP contribution >= 0.6 is 22.7 Å². The zero-order valence-electron chi connectivity index (χ0n) is 8.96. The molecule has 94 valence electrons. The topological polar surface area (TPSA) is 98.3 Å². The second-order valence-electron chi connectivity index (χ2n) is 2.91. The molecule has 2 rings (SSSR count). The number of esters is 2. The van der Waals surface area contributed by atoms with Crippen molar-refractivity contribution in [1.29, 1.82) is 0 Å². The van der Waals surface area contributed by atoms with Gasteiger partial charge in [0.15, 0.2) is 0 Å². The molecule has 0 aliphatic heterocycles. The maximum Gasteiger partial charge on any atom is 0.358 e. The van der Waals surface area contributed by atoms with Crippen molar-refractivity contribution in [2.24, 2.45) is 0 Å². The summed E-state index contributed by atoms with van der Waals surface area (Å²) in [6.07, 6.45) is 2.44. The molecule has 2 aromatic heterocycles. The summed E-state index contributed by atoms with van der Waals surface area (Å²) < 4.78 is 9.39. The van der Waals surface area contributed by atoms with Gasteiger partial charge in [-0.25, -0.2) is 14.6 Å². The number of methoxy groups -OCH3 is 1. The molecule has 0 aromatic carbocycles. The number of ether oxygens (including phenoxy) is 2. The van der Waals surface area contributed by atoms with Gasteiger partial charge in [-0.2, -0.15) is 0 Å². The molecule has 7 nitrogen and oxygen atoms in total. The minimum Gasteiger partial charge on any atom is -0.473 e. The SMILES string of the molecule is COc1ncc(C(=O)OC(=O)c2c[nH]c(=O)s2)s1. The van der Waals surface area contributed by atoms with Gasteiger partial charge in [0.05, 0.1) is 13.3 Å². The lowest BCUT2D eigenvalue weighted by Gasteiger charge is -1.97. The van der Waals surface area contributed by atoms with Crippen molar-refractivity contribution in [2.45, 2.75) is 0 Å². The van der Waals surface area contributed by atoms with E-state index < -0.39 is 16.8 Å². The Labute approximate surface area is 108 Å². The van der Waals surface area contributed by atoms with Gasteiger partial charge in [-0.1, -0.05) is 22.7 Å². The Morgan fingerprint density at radius 3 is 2.56 bits per heavy atom. The highest BCUT2D eigenvalue weighted by Gasteiger charge is 2.19. The van der Waals surface area contributed by atoms with E-state index in [4.69, 9.17) is 4.74 Å². The van der Waals surface area contributed by atoms with Crippen molar-refractivity contribution in [3.8, 4) is 5.19 Å². The van der Waals surface area contributed by atoms with Gasteiger partial charge in [-0.3, -0.25) is 4.79 Å². The molecule has 0 fully saturated rings. The number of nitrogens with one attached hydrogen (secondary N) is 1. The molecule has 0 amide bonds. The van der Waals surface area contributed by atoms with Gasteiger partial charge < -0.3 is 14.5 Å². The zero-order chi connectivity index (χ0) is 13.1. The largest absolute Gasteiger partial charge is 0.473 e. The Hall–Kier alpha value is -2.00. The van der Waals surface area contributed by atoms with E-state index in [0.717, 1.165) is 11.3 Å². The maximum absolute atomic E-state index is 11.6. The van der Waals surface area contributed by atoms with Crippen LogP contribution in [-0.2, 0) is 4.74 Å². The summed E-state index contributed by atoms with van der Waals surface area (Å²) in [6, 6.07) is 0. The summed E-state index contributed by atoms with van der Waals surface area (Å²) in [5.74, 6) is -1.71. The first kappa shape index (κ1) is 12.5. The molecule has 2 heterocycles. The van der Waals surface area contributed by atoms with E-state index in [-0.39, 0.29) is 9.75 Å². The van der Waals surface area contributed by atoms with Crippen LogP contribution in [0.4, 0.5) is 0 Å². The van der Waals surface area contributed by atoms with E-state index in [1.807, 2.05) is 0 Å². The average molecular weight is 286 g/mol. The van der Waals surface area contributed by atoms with Crippen molar-refractivity contribution in [3.63, 3.8) is 0 Å². The first-order valence-electron chi connectivity index (χ1n) is 4.55. The van der Waals surface area contributed by atoms with E-state index in [1.165, 1.54) is 19.5 Å². The Bertz CT molecular complexity index is 641. The molecule has 0 unspecified atom stereocenters.